The Bertz CT molecular complexity index is 356. The van der Waals surface area contributed by atoms with Crippen molar-refractivity contribution < 1.29 is 4.79 Å². The van der Waals surface area contributed by atoms with Gasteiger partial charge >= 0.3 is 0 Å². The van der Waals surface area contributed by atoms with E-state index >= 15 is 0 Å². The quantitative estimate of drug-likeness (QED) is 0.757. The number of hydrogen-bond donors (Lipinski definition) is 0. The number of carbonyl (C=O) groups excluding carboxylic acids is 1. The molecule has 3 heteroatoms. The molecule has 0 saturated heterocycles. The normalized spacial score (nSPS) is 11.8. The number of likely N-dealkylation sites (N-methyl/N-ethyl adjacent to an activating group) is 1. The monoisotopic (exact) mass is 234 g/mol. The van der Waals surface area contributed by atoms with Crippen molar-refractivity contribution in [2.75, 3.05) is 13.1 Å². The number of hydrogen-bond acceptors (Lipinski definition) is 3. The number of aromatic nitrogens is 1. The second-order valence-electron chi connectivity index (χ2n) is 4.69. The Balaban J connectivity index is 2.76. The molecule has 1 aromatic rings. The van der Waals surface area contributed by atoms with Gasteiger partial charge < -0.3 is 0 Å². The van der Waals surface area contributed by atoms with E-state index in [0.29, 0.717) is 6.42 Å². The van der Waals surface area contributed by atoms with Crippen LogP contribution in [0, 0.1) is 0 Å². The Labute approximate surface area is 104 Å². The predicted octanol–water partition coefficient (Wildman–Crippen LogP) is 2.31. The summed E-state index contributed by atoms with van der Waals surface area (Å²) in [7, 11) is 0. The van der Waals surface area contributed by atoms with Gasteiger partial charge in [-0.15, -0.1) is 0 Å². The van der Waals surface area contributed by atoms with Crippen molar-refractivity contribution in [3.05, 3.63) is 30.1 Å². The number of nitrogens with zero attached hydrogens (tertiary/aromatic N) is 2. The van der Waals surface area contributed by atoms with Crippen molar-refractivity contribution in [2.24, 2.45) is 0 Å². The first kappa shape index (κ1) is 13.8. The number of carbonyl (C=O) groups is 1. The lowest BCUT2D eigenvalue weighted by Crippen LogP contribution is -2.50. The largest absolute Gasteiger partial charge is 0.297 e. The molecule has 0 aliphatic rings. The molecule has 1 aromatic heterocycles. The Morgan fingerprint density at radius 2 is 1.76 bits per heavy atom. The second-order valence-corrected chi connectivity index (χ2v) is 4.69. The van der Waals surface area contributed by atoms with Crippen LogP contribution in [0.25, 0.3) is 0 Å². The van der Waals surface area contributed by atoms with Crippen LogP contribution in [0.4, 0.5) is 0 Å². The summed E-state index contributed by atoms with van der Waals surface area (Å²) in [4.78, 5) is 18.5. The third kappa shape index (κ3) is 3.37. The first-order valence-corrected chi connectivity index (χ1v) is 6.19. The smallest absolute Gasteiger partial charge is 0.156 e. The lowest BCUT2D eigenvalue weighted by Gasteiger charge is -2.35. The molecule has 0 radical (unpaired) electrons. The van der Waals surface area contributed by atoms with Gasteiger partial charge in [0.05, 0.1) is 5.54 Å². The Kier molecular flexibility index (Phi) is 4.82. The van der Waals surface area contributed by atoms with Gasteiger partial charge in [-0.05, 0) is 44.6 Å². The van der Waals surface area contributed by atoms with Crippen molar-refractivity contribution in [1.29, 1.82) is 0 Å². The molecule has 1 heterocycles. The fourth-order valence-corrected chi connectivity index (χ4v) is 2.09. The van der Waals surface area contributed by atoms with Gasteiger partial charge in [-0.25, -0.2) is 0 Å². The van der Waals surface area contributed by atoms with E-state index in [9.17, 15) is 4.79 Å². The van der Waals surface area contributed by atoms with Gasteiger partial charge in [-0.3, -0.25) is 14.7 Å². The zero-order valence-electron chi connectivity index (χ0n) is 11.2. The van der Waals surface area contributed by atoms with E-state index in [-0.39, 0.29) is 5.78 Å². The maximum Gasteiger partial charge on any atom is 0.156 e. The number of rotatable bonds is 6. The summed E-state index contributed by atoms with van der Waals surface area (Å²) in [5.74, 6) is 0.257. The average molecular weight is 234 g/mol. The highest BCUT2D eigenvalue weighted by Crippen LogP contribution is 2.17. The summed E-state index contributed by atoms with van der Waals surface area (Å²) in [6.45, 7) is 9.97. The van der Waals surface area contributed by atoms with Crippen LogP contribution in [0.1, 0.15) is 33.3 Å². The molecule has 0 amide bonds. The lowest BCUT2D eigenvalue weighted by molar-refractivity contribution is -0.128. The molecular formula is C14H22N2O. The van der Waals surface area contributed by atoms with Crippen molar-refractivity contribution in [3.63, 3.8) is 0 Å². The molecule has 0 aliphatic heterocycles. The van der Waals surface area contributed by atoms with Gasteiger partial charge in [0.2, 0.25) is 0 Å². The van der Waals surface area contributed by atoms with Gasteiger partial charge in [0.25, 0.3) is 0 Å². The van der Waals surface area contributed by atoms with Crippen molar-refractivity contribution in [1.82, 2.24) is 9.88 Å². The van der Waals surface area contributed by atoms with Crippen LogP contribution in [0.15, 0.2) is 24.5 Å². The minimum atomic E-state index is -0.396. The molecule has 1 rings (SSSR count). The summed E-state index contributed by atoms with van der Waals surface area (Å²) in [5.41, 5.74) is 0.637. The lowest BCUT2D eigenvalue weighted by atomic mass is 9.92. The number of ketones is 1. The van der Waals surface area contributed by atoms with Crippen molar-refractivity contribution >= 4 is 5.78 Å². The molecule has 0 saturated carbocycles. The van der Waals surface area contributed by atoms with E-state index in [1.165, 1.54) is 0 Å². The molecule has 3 nitrogen and oxygen atoms in total. The SMILES string of the molecule is CCN(CC)C(C)(C)C(=O)Cc1ccncc1. The highest BCUT2D eigenvalue weighted by Gasteiger charge is 2.32. The summed E-state index contributed by atoms with van der Waals surface area (Å²) in [5, 5.41) is 0. The maximum atomic E-state index is 12.3. The fourth-order valence-electron chi connectivity index (χ4n) is 2.09. The molecule has 0 spiro atoms. The van der Waals surface area contributed by atoms with Crippen molar-refractivity contribution in [2.45, 2.75) is 39.7 Å². The Hall–Kier alpha value is -1.22. The number of Topliss-reactive ketones (excluding diaryl/α,β-unsaturated/α-hetero) is 1. The number of pyridine rings is 1. The third-order valence-corrected chi connectivity index (χ3v) is 3.35. The highest BCUT2D eigenvalue weighted by molar-refractivity contribution is 5.89. The summed E-state index contributed by atoms with van der Waals surface area (Å²) < 4.78 is 0. The first-order valence-electron chi connectivity index (χ1n) is 6.19. The van der Waals surface area contributed by atoms with E-state index in [0.717, 1.165) is 18.7 Å². The van der Waals surface area contributed by atoms with Gasteiger partial charge in [0.15, 0.2) is 5.78 Å². The van der Waals surface area contributed by atoms with Gasteiger partial charge in [0.1, 0.15) is 0 Å². The molecule has 0 aliphatic carbocycles. The topological polar surface area (TPSA) is 33.2 Å². The summed E-state index contributed by atoms with van der Waals surface area (Å²) >= 11 is 0. The molecular weight excluding hydrogens is 212 g/mol. The second kappa shape index (κ2) is 5.92. The van der Waals surface area contributed by atoms with Crippen LogP contribution in [-0.2, 0) is 11.2 Å². The molecule has 0 aromatic carbocycles. The fraction of sp³-hybridized carbons (Fsp3) is 0.571. The van der Waals surface area contributed by atoms with Gasteiger partial charge in [0, 0.05) is 18.8 Å². The van der Waals surface area contributed by atoms with E-state index in [1.807, 2.05) is 26.0 Å². The molecule has 0 fully saturated rings. The maximum absolute atomic E-state index is 12.3. The predicted molar refractivity (Wildman–Crippen MR) is 69.9 cm³/mol. The van der Waals surface area contributed by atoms with Crippen LogP contribution in [-0.4, -0.2) is 34.3 Å². The van der Waals surface area contributed by atoms with Gasteiger partial charge in [-0.1, -0.05) is 13.8 Å². The average Bonchev–Trinajstić information content (AvgIpc) is 2.31. The minimum absolute atomic E-state index is 0.257. The van der Waals surface area contributed by atoms with Crippen LogP contribution in [0.2, 0.25) is 0 Å². The van der Waals surface area contributed by atoms with Crippen LogP contribution >= 0.6 is 0 Å². The van der Waals surface area contributed by atoms with Crippen LogP contribution in [0.5, 0.6) is 0 Å². The van der Waals surface area contributed by atoms with Crippen LogP contribution in [0.3, 0.4) is 0 Å². The zero-order valence-corrected chi connectivity index (χ0v) is 11.2. The van der Waals surface area contributed by atoms with E-state index in [1.54, 1.807) is 12.4 Å². The molecule has 17 heavy (non-hydrogen) atoms. The standard InChI is InChI=1S/C14H22N2O/c1-5-16(6-2)14(3,4)13(17)11-12-7-9-15-10-8-12/h7-10H,5-6,11H2,1-4H3. The minimum Gasteiger partial charge on any atom is -0.297 e. The van der Waals surface area contributed by atoms with Gasteiger partial charge in [-0.2, -0.15) is 0 Å². The molecule has 0 unspecified atom stereocenters. The van der Waals surface area contributed by atoms with Crippen molar-refractivity contribution in [3.8, 4) is 0 Å². The molecule has 94 valence electrons. The molecule has 0 atom stereocenters. The summed E-state index contributed by atoms with van der Waals surface area (Å²) in [6.07, 6.45) is 3.94. The Morgan fingerprint density at radius 3 is 2.24 bits per heavy atom. The molecule has 0 N–H and O–H groups in total. The highest BCUT2D eigenvalue weighted by atomic mass is 16.1. The molecule has 0 bridgehead atoms. The zero-order chi connectivity index (χ0) is 12.9. The summed E-state index contributed by atoms with van der Waals surface area (Å²) in [6, 6.07) is 3.80. The first-order chi connectivity index (χ1) is 8.02. The van der Waals surface area contributed by atoms with E-state index < -0.39 is 5.54 Å². The van der Waals surface area contributed by atoms with E-state index in [2.05, 4.69) is 23.7 Å². The van der Waals surface area contributed by atoms with E-state index in [4.69, 9.17) is 0 Å². The Morgan fingerprint density at radius 1 is 1.24 bits per heavy atom. The van der Waals surface area contributed by atoms with Crippen LogP contribution < -0.4 is 0 Å². The third-order valence-electron chi connectivity index (χ3n) is 3.35.